The molecule has 1 heterocycles. The first-order valence-electron chi connectivity index (χ1n) is 9.91. The zero-order valence-electron chi connectivity index (χ0n) is 17.4. The second-order valence-corrected chi connectivity index (χ2v) is 6.84. The van der Waals surface area contributed by atoms with Crippen molar-refractivity contribution in [2.24, 2.45) is 0 Å². The van der Waals surface area contributed by atoms with E-state index in [9.17, 15) is 4.79 Å². The number of hydrogen-bond donors (Lipinski definition) is 1. The highest BCUT2D eigenvalue weighted by Gasteiger charge is 2.26. The maximum Gasteiger partial charge on any atom is 0.259 e. The second-order valence-electron chi connectivity index (χ2n) is 6.84. The molecule has 6 nitrogen and oxygen atoms in total. The van der Waals surface area contributed by atoms with Crippen molar-refractivity contribution < 1.29 is 14.3 Å². The summed E-state index contributed by atoms with van der Waals surface area (Å²) in [5.74, 6) is 0.824. The zero-order chi connectivity index (χ0) is 21.6. The first-order chi connectivity index (χ1) is 15.2. The highest BCUT2D eigenvalue weighted by molar-refractivity contribution is 6.02. The first kappa shape index (κ1) is 20.2. The van der Waals surface area contributed by atoms with Gasteiger partial charge < -0.3 is 14.8 Å². The Morgan fingerprint density at radius 3 is 2.19 bits per heavy atom. The Morgan fingerprint density at radius 2 is 1.52 bits per heavy atom. The van der Waals surface area contributed by atoms with E-state index in [1.165, 1.54) is 0 Å². The fourth-order valence-corrected chi connectivity index (χ4v) is 3.45. The molecule has 0 saturated heterocycles. The highest BCUT2D eigenvalue weighted by atomic mass is 16.5. The molecule has 0 radical (unpaired) electrons. The fraction of sp³-hybridized carbons (Fsp3) is 0.120. The van der Waals surface area contributed by atoms with Crippen LogP contribution in [0.1, 0.15) is 15.9 Å². The molecule has 3 aromatic carbocycles. The average Bonchev–Trinajstić information content (AvgIpc) is 3.23. The van der Waals surface area contributed by atoms with Gasteiger partial charge in [-0.15, -0.1) is 0 Å². The van der Waals surface area contributed by atoms with Crippen LogP contribution >= 0.6 is 0 Å². The maximum atomic E-state index is 13.4. The number of carbonyl (C=O) groups is 1. The lowest BCUT2D eigenvalue weighted by Gasteiger charge is -2.11. The Balaban J connectivity index is 1.76. The van der Waals surface area contributed by atoms with Crippen molar-refractivity contribution in [3.8, 4) is 28.6 Å². The van der Waals surface area contributed by atoms with Gasteiger partial charge in [0.2, 0.25) is 5.88 Å². The molecule has 1 aromatic heterocycles. The molecule has 0 aliphatic carbocycles. The third kappa shape index (κ3) is 4.14. The largest absolute Gasteiger partial charge is 0.496 e. The third-order valence-corrected chi connectivity index (χ3v) is 4.94. The first-order valence-corrected chi connectivity index (χ1v) is 9.91. The summed E-state index contributed by atoms with van der Waals surface area (Å²) in [7, 11) is 3.16. The van der Waals surface area contributed by atoms with Crippen molar-refractivity contribution in [1.29, 1.82) is 0 Å². The molecule has 0 aliphatic rings. The standard InChI is InChI=1S/C25H23N3O3/c1-30-21-16-10-9-13-19(21)17-26-24(29)22-23(18-11-5-3-6-12-18)27-28(25(22)31-2)20-14-7-4-8-15-20/h3-16H,17H2,1-2H3,(H,26,29). The minimum absolute atomic E-state index is 0.274. The summed E-state index contributed by atoms with van der Waals surface area (Å²) in [5, 5.41) is 7.72. The van der Waals surface area contributed by atoms with Crippen LogP contribution in [0.15, 0.2) is 84.9 Å². The van der Waals surface area contributed by atoms with Crippen molar-refractivity contribution >= 4 is 5.91 Å². The minimum Gasteiger partial charge on any atom is -0.496 e. The summed E-state index contributed by atoms with van der Waals surface area (Å²) in [6.45, 7) is 0.316. The van der Waals surface area contributed by atoms with Gasteiger partial charge in [0.05, 0.1) is 19.9 Å². The van der Waals surface area contributed by atoms with Crippen LogP contribution in [0.5, 0.6) is 11.6 Å². The van der Waals surface area contributed by atoms with Crippen molar-refractivity contribution in [3.05, 3.63) is 96.1 Å². The van der Waals surface area contributed by atoms with E-state index in [4.69, 9.17) is 14.6 Å². The third-order valence-electron chi connectivity index (χ3n) is 4.94. The smallest absolute Gasteiger partial charge is 0.259 e. The van der Waals surface area contributed by atoms with Crippen LogP contribution in [0.2, 0.25) is 0 Å². The molecule has 4 rings (SSSR count). The normalized spacial score (nSPS) is 10.5. The van der Waals surface area contributed by atoms with E-state index < -0.39 is 0 Å². The number of ether oxygens (including phenoxy) is 2. The van der Waals surface area contributed by atoms with Gasteiger partial charge in [-0.25, -0.2) is 0 Å². The van der Waals surface area contributed by atoms with Gasteiger partial charge in [0.1, 0.15) is 17.0 Å². The van der Waals surface area contributed by atoms with E-state index in [0.717, 1.165) is 22.6 Å². The molecule has 0 fully saturated rings. The number of amides is 1. The molecular formula is C25H23N3O3. The van der Waals surface area contributed by atoms with E-state index in [1.807, 2.05) is 84.9 Å². The van der Waals surface area contributed by atoms with Gasteiger partial charge in [-0.1, -0.05) is 66.7 Å². The summed E-state index contributed by atoms with van der Waals surface area (Å²) in [6.07, 6.45) is 0. The summed E-state index contributed by atoms with van der Waals surface area (Å²) >= 11 is 0. The van der Waals surface area contributed by atoms with Crippen LogP contribution in [0, 0.1) is 0 Å². The Morgan fingerprint density at radius 1 is 0.871 bits per heavy atom. The van der Waals surface area contributed by atoms with Gasteiger partial charge in [-0.05, 0) is 18.2 Å². The van der Waals surface area contributed by atoms with E-state index in [2.05, 4.69) is 5.32 Å². The number of rotatable bonds is 7. The monoisotopic (exact) mass is 413 g/mol. The molecule has 1 N–H and O–H groups in total. The minimum atomic E-state index is -0.274. The predicted octanol–water partition coefficient (Wildman–Crippen LogP) is 4.49. The highest BCUT2D eigenvalue weighted by Crippen LogP contribution is 2.32. The van der Waals surface area contributed by atoms with Gasteiger partial charge in [0, 0.05) is 17.7 Å². The molecule has 4 aromatic rings. The van der Waals surface area contributed by atoms with E-state index in [0.29, 0.717) is 23.7 Å². The number of methoxy groups -OCH3 is 2. The lowest BCUT2D eigenvalue weighted by Crippen LogP contribution is -2.24. The van der Waals surface area contributed by atoms with E-state index in [1.54, 1.807) is 18.9 Å². The molecule has 31 heavy (non-hydrogen) atoms. The quantitative estimate of drug-likeness (QED) is 0.485. The van der Waals surface area contributed by atoms with Crippen molar-refractivity contribution in [1.82, 2.24) is 15.1 Å². The van der Waals surface area contributed by atoms with Crippen LogP contribution in [-0.2, 0) is 6.54 Å². The summed E-state index contributed by atoms with van der Waals surface area (Å²) in [4.78, 5) is 13.4. The average molecular weight is 413 g/mol. The number of nitrogens with zero attached hydrogens (tertiary/aromatic N) is 2. The molecule has 0 unspecified atom stereocenters. The van der Waals surface area contributed by atoms with Crippen molar-refractivity contribution in [3.63, 3.8) is 0 Å². The van der Waals surface area contributed by atoms with Gasteiger partial charge in [0.25, 0.3) is 5.91 Å². The Labute approximate surface area is 181 Å². The number of aromatic nitrogens is 2. The van der Waals surface area contributed by atoms with Gasteiger partial charge in [0.15, 0.2) is 0 Å². The Hall–Kier alpha value is -4.06. The zero-order valence-corrected chi connectivity index (χ0v) is 17.4. The van der Waals surface area contributed by atoms with Crippen molar-refractivity contribution in [2.75, 3.05) is 14.2 Å². The Kier molecular flexibility index (Phi) is 5.98. The Bertz CT molecular complexity index is 1170. The SMILES string of the molecule is COc1ccccc1CNC(=O)c1c(-c2ccccc2)nn(-c2ccccc2)c1OC. The molecular weight excluding hydrogens is 390 g/mol. The summed E-state index contributed by atoms with van der Waals surface area (Å²) < 4.78 is 12.7. The predicted molar refractivity (Wildman–Crippen MR) is 120 cm³/mol. The maximum absolute atomic E-state index is 13.4. The van der Waals surface area contributed by atoms with E-state index in [-0.39, 0.29) is 5.91 Å². The van der Waals surface area contributed by atoms with Crippen LogP contribution in [0.25, 0.3) is 16.9 Å². The number of hydrogen-bond acceptors (Lipinski definition) is 4. The van der Waals surface area contributed by atoms with Gasteiger partial charge in [-0.2, -0.15) is 9.78 Å². The number of carbonyl (C=O) groups excluding carboxylic acids is 1. The number of para-hydroxylation sites is 2. The van der Waals surface area contributed by atoms with Crippen LogP contribution in [0.4, 0.5) is 0 Å². The molecule has 0 bridgehead atoms. The summed E-state index contributed by atoms with van der Waals surface area (Å²) in [6, 6.07) is 26.8. The molecule has 0 saturated carbocycles. The number of benzene rings is 3. The fourth-order valence-electron chi connectivity index (χ4n) is 3.45. The van der Waals surface area contributed by atoms with Crippen LogP contribution < -0.4 is 14.8 Å². The van der Waals surface area contributed by atoms with Crippen molar-refractivity contribution in [2.45, 2.75) is 6.54 Å². The summed E-state index contributed by atoms with van der Waals surface area (Å²) in [5.41, 5.74) is 3.46. The molecule has 156 valence electrons. The lowest BCUT2D eigenvalue weighted by molar-refractivity contribution is 0.0948. The lowest BCUT2D eigenvalue weighted by atomic mass is 10.1. The molecule has 0 aliphatic heterocycles. The van der Waals surface area contributed by atoms with Gasteiger partial charge in [-0.3, -0.25) is 4.79 Å². The van der Waals surface area contributed by atoms with E-state index >= 15 is 0 Å². The van der Waals surface area contributed by atoms with Gasteiger partial charge >= 0.3 is 0 Å². The van der Waals surface area contributed by atoms with Crippen LogP contribution in [0.3, 0.4) is 0 Å². The van der Waals surface area contributed by atoms with Crippen LogP contribution in [-0.4, -0.2) is 29.9 Å². The topological polar surface area (TPSA) is 65.4 Å². The second kappa shape index (κ2) is 9.17. The molecule has 6 heteroatoms. The molecule has 0 atom stereocenters. The molecule has 1 amide bonds. The molecule has 0 spiro atoms. The number of nitrogens with one attached hydrogen (secondary N) is 1.